The van der Waals surface area contributed by atoms with Gasteiger partial charge in [0.05, 0.1) is 6.42 Å². The number of carbonyl (C=O) groups is 2. The highest BCUT2D eigenvalue weighted by molar-refractivity contribution is 5.97. The number of nitrogens with one attached hydrogen (secondary N) is 1. The molecule has 0 radical (unpaired) electrons. The molecule has 0 bridgehead atoms. The van der Waals surface area contributed by atoms with Gasteiger partial charge in [0.2, 0.25) is 11.8 Å². The van der Waals surface area contributed by atoms with Crippen molar-refractivity contribution in [2.75, 3.05) is 16.8 Å². The highest BCUT2D eigenvalue weighted by Gasteiger charge is 2.23. The van der Waals surface area contributed by atoms with E-state index in [-0.39, 0.29) is 24.3 Å². The van der Waals surface area contributed by atoms with Crippen molar-refractivity contribution in [1.82, 2.24) is 0 Å². The van der Waals surface area contributed by atoms with Crippen LogP contribution in [0, 0.1) is 0 Å². The van der Waals surface area contributed by atoms with Crippen LogP contribution in [-0.4, -0.2) is 24.4 Å². The average Bonchev–Trinajstić information content (AvgIpc) is 3.00. The predicted molar refractivity (Wildman–Crippen MR) is 99.5 cm³/mol. The van der Waals surface area contributed by atoms with Crippen LogP contribution in [0.4, 0.5) is 11.4 Å². The molecule has 0 saturated heterocycles. The minimum atomic E-state index is -0.166. The molecule has 1 heterocycles. The third-order valence-electron chi connectivity index (χ3n) is 4.29. The maximum absolute atomic E-state index is 12.6. The molecular weight excluding hydrogens is 314 g/mol. The van der Waals surface area contributed by atoms with Crippen molar-refractivity contribution in [3.8, 4) is 0 Å². The molecule has 3 N–H and O–H groups in total. The Morgan fingerprint density at radius 3 is 2.60 bits per heavy atom. The number of hydrogen-bond acceptors (Lipinski definition) is 3. The summed E-state index contributed by atoms with van der Waals surface area (Å²) in [5.74, 6) is -0.00816. The third-order valence-corrected chi connectivity index (χ3v) is 4.29. The molecule has 5 nitrogen and oxygen atoms in total. The van der Waals surface area contributed by atoms with E-state index in [4.69, 9.17) is 5.73 Å². The lowest BCUT2D eigenvalue weighted by molar-refractivity contribution is -0.118. The molecule has 0 aliphatic carbocycles. The second kappa shape index (κ2) is 7.49. The van der Waals surface area contributed by atoms with Crippen LogP contribution in [-0.2, 0) is 22.4 Å². The Hall–Kier alpha value is -2.66. The maximum Gasteiger partial charge on any atom is 0.231 e. The van der Waals surface area contributed by atoms with Gasteiger partial charge in [-0.2, -0.15) is 0 Å². The van der Waals surface area contributed by atoms with Gasteiger partial charge in [0.1, 0.15) is 0 Å². The Bertz CT molecular complexity index is 769. The van der Waals surface area contributed by atoms with E-state index in [0.29, 0.717) is 12.1 Å². The minimum Gasteiger partial charge on any atom is -0.327 e. The molecule has 2 amide bonds. The Kier molecular flexibility index (Phi) is 5.14. The average molecular weight is 337 g/mol. The minimum absolute atomic E-state index is 0.0960. The number of fused-ring (bicyclic) bond motifs is 1. The highest BCUT2D eigenvalue weighted by atomic mass is 16.2. The number of carbonyl (C=O) groups excluding carboxylic acids is 2. The molecule has 1 unspecified atom stereocenters. The van der Waals surface area contributed by atoms with E-state index in [0.717, 1.165) is 24.2 Å². The first-order chi connectivity index (χ1) is 12.0. The van der Waals surface area contributed by atoms with Crippen molar-refractivity contribution in [2.24, 2.45) is 5.73 Å². The summed E-state index contributed by atoms with van der Waals surface area (Å²) in [5, 5.41) is 2.81. The number of benzene rings is 2. The summed E-state index contributed by atoms with van der Waals surface area (Å²) in [6.45, 7) is 2.54. The number of nitrogens with two attached hydrogens (primary N) is 1. The fourth-order valence-corrected chi connectivity index (χ4v) is 3.08. The van der Waals surface area contributed by atoms with Crippen LogP contribution in [0.15, 0.2) is 48.5 Å². The summed E-state index contributed by atoms with van der Waals surface area (Å²) < 4.78 is 0. The normalized spacial score (nSPS) is 14.1. The summed E-state index contributed by atoms with van der Waals surface area (Å²) in [6, 6.07) is 15.3. The molecular formula is C20H23N3O2. The topological polar surface area (TPSA) is 75.4 Å². The molecule has 1 aliphatic rings. The van der Waals surface area contributed by atoms with Gasteiger partial charge >= 0.3 is 0 Å². The monoisotopic (exact) mass is 337 g/mol. The number of rotatable bonds is 5. The number of nitrogens with zero attached hydrogens (tertiary/aromatic N) is 1. The quantitative estimate of drug-likeness (QED) is 0.880. The molecule has 1 atom stereocenters. The van der Waals surface area contributed by atoms with E-state index in [2.05, 4.69) is 11.4 Å². The zero-order valence-electron chi connectivity index (χ0n) is 14.4. The zero-order chi connectivity index (χ0) is 17.8. The van der Waals surface area contributed by atoms with Gasteiger partial charge in [-0.1, -0.05) is 30.3 Å². The fourth-order valence-electron chi connectivity index (χ4n) is 3.08. The summed E-state index contributed by atoms with van der Waals surface area (Å²) >= 11 is 0. The molecule has 130 valence electrons. The van der Waals surface area contributed by atoms with E-state index in [1.807, 2.05) is 47.4 Å². The van der Waals surface area contributed by atoms with Crippen LogP contribution < -0.4 is 16.0 Å². The van der Waals surface area contributed by atoms with Crippen LogP contribution in [0.3, 0.4) is 0 Å². The van der Waals surface area contributed by atoms with Gasteiger partial charge in [0, 0.05) is 30.4 Å². The number of anilines is 2. The highest BCUT2D eigenvalue weighted by Crippen LogP contribution is 2.28. The molecule has 25 heavy (non-hydrogen) atoms. The van der Waals surface area contributed by atoms with Gasteiger partial charge in [-0.05, 0) is 42.7 Å². The van der Waals surface area contributed by atoms with Gasteiger partial charge in [-0.3, -0.25) is 9.59 Å². The maximum atomic E-state index is 12.6. The molecule has 2 aromatic carbocycles. The van der Waals surface area contributed by atoms with Crippen LogP contribution in [0.1, 0.15) is 24.5 Å². The number of hydrogen-bond donors (Lipinski definition) is 2. The van der Waals surface area contributed by atoms with Gasteiger partial charge < -0.3 is 16.0 Å². The summed E-state index contributed by atoms with van der Waals surface area (Å²) in [7, 11) is 0. The van der Waals surface area contributed by atoms with Crippen molar-refractivity contribution < 1.29 is 9.59 Å². The molecule has 0 aromatic heterocycles. The second-order valence-electron chi connectivity index (χ2n) is 6.53. The number of amides is 2. The summed E-state index contributed by atoms with van der Waals surface area (Å²) in [4.78, 5) is 26.2. The van der Waals surface area contributed by atoms with E-state index in [1.165, 1.54) is 5.56 Å². The van der Waals surface area contributed by atoms with Crippen LogP contribution in [0.5, 0.6) is 0 Å². The van der Waals surface area contributed by atoms with E-state index < -0.39 is 0 Å². The summed E-state index contributed by atoms with van der Waals surface area (Å²) in [5.41, 5.74) is 9.51. The number of para-hydroxylation sites is 1. The van der Waals surface area contributed by atoms with Crippen LogP contribution in [0.2, 0.25) is 0 Å². The fraction of sp³-hybridized carbons (Fsp3) is 0.300. The SMILES string of the molecule is CC(N)CC(=O)Nc1ccc(CC(=O)N2CCc3ccccc32)cc1. The first kappa shape index (κ1) is 17.2. The Morgan fingerprint density at radius 2 is 1.88 bits per heavy atom. The van der Waals surface area contributed by atoms with Crippen molar-refractivity contribution in [3.63, 3.8) is 0 Å². The summed E-state index contributed by atoms with van der Waals surface area (Å²) in [6.07, 6.45) is 1.55. The standard InChI is InChI=1S/C20H23N3O2/c1-14(21)12-19(24)22-17-8-6-15(7-9-17)13-20(25)23-11-10-16-4-2-3-5-18(16)23/h2-9,14H,10-13,21H2,1H3,(H,22,24). The molecule has 0 spiro atoms. The Labute approximate surface area is 147 Å². The van der Waals surface area contributed by atoms with E-state index in [9.17, 15) is 9.59 Å². The van der Waals surface area contributed by atoms with Crippen LogP contribution >= 0.6 is 0 Å². The van der Waals surface area contributed by atoms with E-state index in [1.54, 1.807) is 6.92 Å². The van der Waals surface area contributed by atoms with Crippen molar-refractivity contribution in [3.05, 3.63) is 59.7 Å². The van der Waals surface area contributed by atoms with Gasteiger partial charge in [0.25, 0.3) is 0 Å². The zero-order valence-corrected chi connectivity index (χ0v) is 14.4. The van der Waals surface area contributed by atoms with Gasteiger partial charge in [-0.25, -0.2) is 0 Å². The molecule has 0 saturated carbocycles. The molecule has 1 aliphatic heterocycles. The Balaban J connectivity index is 1.60. The van der Waals surface area contributed by atoms with Crippen LogP contribution in [0.25, 0.3) is 0 Å². The third kappa shape index (κ3) is 4.25. The second-order valence-corrected chi connectivity index (χ2v) is 6.53. The lowest BCUT2D eigenvalue weighted by atomic mass is 10.1. The largest absolute Gasteiger partial charge is 0.327 e. The van der Waals surface area contributed by atoms with Crippen molar-refractivity contribution in [1.29, 1.82) is 0 Å². The molecule has 5 heteroatoms. The first-order valence-corrected chi connectivity index (χ1v) is 8.55. The Morgan fingerprint density at radius 1 is 1.16 bits per heavy atom. The molecule has 3 rings (SSSR count). The van der Waals surface area contributed by atoms with Gasteiger partial charge in [0.15, 0.2) is 0 Å². The lowest BCUT2D eigenvalue weighted by Crippen LogP contribution is -2.30. The predicted octanol–water partition coefficient (Wildman–Crippen LogP) is 2.49. The van der Waals surface area contributed by atoms with Crippen molar-refractivity contribution in [2.45, 2.75) is 32.2 Å². The van der Waals surface area contributed by atoms with Gasteiger partial charge in [-0.15, -0.1) is 0 Å². The smallest absolute Gasteiger partial charge is 0.231 e. The first-order valence-electron chi connectivity index (χ1n) is 8.55. The lowest BCUT2D eigenvalue weighted by Gasteiger charge is -2.17. The van der Waals surface area contributed by atoms with Crippen molar-refractivity contribution >= 4 is 23.2 Å². The molecule has 0 fully saturated rings. The molecule has 2 aromatic rings. The van der Waals surface area contributed by atoms with E-state index >= 15 is 0 Å².